The van der Waals surface area contributed by atoms with E-state index in [1.165, 1.54) is 12.8 Å². The van der Waals surface area contributed by atoms with Crippen molar-refractivity contribution in [3.8, 4) is 11.5 Å². The Hall–Kier alpha value is -1.22. The average molecular weight is 221 g/mol. The smallest absolute Gasteiger partial charge is 0.161 e. The van der Waals surface area contributed by atoms with Gasteiger partial charge in [0.2, 0.25) is 0 Å². The summed E-state index contributed by atoms with van der Waals surface area (Å²) in [4.78, 5) is 0. The normalized spacial score (nSPS) is 14.8. The van der Waals surface area contributed by atoms with Crippen LogP contribution in [0.5, 0.6) is 11.5 Å². The van der Waals surface area contributed by atoms with E-state index in [0.29, 0.717) is 6.61 Å². The predicted molar refractivity (Wildman–Crippen MR) is 64.1 cm³/mol. The van der Waals surface area contributed by atoms with Crippen molar-refractivity contribution < 1.29 is 9.47 Å². The van der Waals surface area contributed by atoms with Crippen LogP contribution in [0.25, 0.3) is 0 Å². The van der Waals surface area contributed by atoms with E-state index in [2.05, 4.69) is 5.32 Å². The maximum atomic E-state index is 5.64. The van der Waals surface area contributed by atoms with Gasteiger partial charge in [-0.25, -0.2) is 0 Å². The van der Waals surface area contributed by atoms with E-state index < -0.39 is 0 Å². The molecule has 0 spiro atoms. The van der Waals surface area contributed by atoms with Crippen LogP contribution in [0.3, 0.4) is 0 Å². The minimum absolute atomic E-state index is 0.688. The molecule has 2 rings (SSSR count). The third-order valence-corrected chi connectivity index (χ3v) is 2.74. The molecule has 88 valence electrons. The number of nitrogens with one attached hydrogen (secondary N) is 1. The third-order valence-electron chi connectivity index (χ3n) is 2.74. The average Bonchev–Trinajstić information content (AvgIpc) is 3.13. The first-order chi connectivity index (χ1) is 7.90. The second-order valence-electron chi connectivity index (χ2n) is 4.15. The van der Waals surface area contributed by atoms with Crippen molar-refractivity contribution in [3.63, 3.8) is 0 Å². The zero-order chi connectivity index (χ0) is 11.2. The molecule has 16 heavy (non-hydrogen) atoms. The lowest BCUT2D eigenvalue weighted by atomic mass is 10.3. The fraction of sp³-hybridized carbons (Fsp3) is 0.538. The first-order valence-electron chi connectivity index (χ1n) is 5.86. The lowest BCUT2D eigenvalue weighted by Gasteiger charge is -2.10. The topological polar surface area (TPSA) is 30.5 Å². The van der Waals surface area contributed by atoms with Gasteiger partial charge < -0.3 is 14.8 Å². The number of para-hydroxylation sites is 2. The van der Waals surface area contributed by atoms with E-state index >= 15 is 0 Å². The summed E-state index contributed by atoms with van der Waals surface area (Å²) >= 11 is 0. The van der Waals surface area contributed by atoms with Crippen molar-refractivity contribution in [2.24, 2.45) is 5.92 Å². The van der Waals surface area contributed by atoms with Crippen molar-refractivity contribution >= 4 is 0 Å². The van der Waals surface area contributed by atoms with Gasteiger partial charge in [-0.3, -0.25) is 0 Å². The summed E-state index contributed by atoms with van der Waals surface area (Å²) in [5.41, 5.74) is 0. The molecule has 0 heterocycles. The zero-order valence-electron chi connectivity index (χ0n) is 9.74. The molecule has 1 aromatic carbocycles. The van der Waals surface area contributed by atoms with Crippen LogP contribution in [-0.2, 0) is 0 Å². The maximum Gasteiger partial charge on any atom is 0.161 e. The van der Waals surface area contributed by atoms with Gasteiger partial charge in [0.15, 0.2) is 11.5 Å². The summed E-state index contributed by atoms with van der Waals surface area (Å²) in [5, 5.41) is 3.39. The standard InChI is InChI=1S/C13H19NO2/c1-15-12-4-2-3-5-13(12)16-9-8-14-10-11-6-7-11/h2-5,11,14H,6-10H2,1H3. The Morgan fingerprint density at radius 1 is 1.25 bits per heavy atom. The molecule has 1 aromatic rings. The van der Waals surface area contributed by atoms with Crippen molar-refractivity contribution in [2.45, 2.75) is 12.8 Å². The largest absolute Gasteiger partial charge is 0.493 e. The molecule has 0 saturated heterocycles. The second kappa shape index (κ2) is 5.75. The van der Waals surface area contributed by atoms with E-state index in [0.717, 1.165) is 30.5 Å². The van der Waals surface area contributed by atoms with Gasteiger partial charge in [-0.05, 0) is 37.4 Å². The molecule has 1 saturated carbocycles. The number of ether oxygens (including phenoxy) is 2. The molecule has 0 aromatic heterocycles. The fourth-order valence-electron chi connectivity index (χ4n) is 1.60. The molecule has 3 heteroatoms. The van der Waals surface area contributed by atoms with Crippen LogP contribution >= 0.6 is 0 Å². The first kappa shape index (κ1) is 11.3. The Labute approximate surface area is 96.8 Å². The number of methoxy groups -OCH3 is 1. The van der Waals surface area contributed by atoms with Gasteiger partial charge in [-0.2, -0.15) is 0 Å². The van der Waals surface area contributed by atoms with Crippen LogP contribution in [-0.4, -0.2) is 26.8 Å². The third kappa shape index (κ3) is 3.42. The highest BCUT2D eigenvalue weighted by molar-refractivity contribution is 5.39. The lowest BCUT2D eigenvalue weighted by molar-refractivity contribution is 0.292. The van der Waals surface area contributed by atoms with Crippen LogP contribution in [0.4, 0.5) is 0 Å². The van der Waals surface area contributed by atoms with Crippen molar-refractivity contribution in [1.29, 1.82) is 0 Å². The summed E-state index contributed by atoms with van der Waals surface area (Å²) < 4.78 is 10.8. The number of hydrogen-bond donors (Lipinski definition) is 1. The van der Waals surface area contributed by atoms with Crippen molar-refractivity contribution in [1.82, 2.24) is 5.32 Å². The monoisotopic (exact) mass is 221 g/mol. The number of benzene rings is 1. The molecule has 0 unspecified atom stereocenters. The zero-order valence-corrected chi connectivity index (χ0v) is 9.74. The van der Waals surface area contributed by atoms with Crippen LogP contribution < -0.4 is 14.8 Å². The molecule has 3 nitrogen and oxygen atoms in total. The lowest BCUT2D eigenvalue weighted by Crippen LogP contribution is -2.23. The summed E-state index contributed by atoms with van der Waals surface area (Å²) in [6, 6.07) is 7.74. The Morgan fingerprint density at radius 3 is 2.69 bits per heavy atom. The molecule has 0 radical (unpaired) electrons. The minimum Gasteiger partial charge on any atom is -0.493 e. The number of rotatable bonds is 7. The highest BCUT2D eigenvalue weighted by atomic mass is 16.5. The molecule has 0 bridgehead atoms. The summed E-state index contributed by atoms with van der Waals surface area (Å²) in [5.74, 6) is 2.54. The Bertz CT molecular complexity index is 323. The maximum absolute atomic E-state index is 5.64. The quantitative estimate of drug-likeness (QED) is 0.715. The van der Waals surface area contributed by atoms with Crippen LogP contribution in [0.15, 0.2) is 24.3 Å². The molecule has 0 amide bonds. The van der Waals surface area contributed by atoms with Crippen LogP contribution in [0.1, 0.15) is 12.8 Å². The molecular weight excluding hydrogens is 202 g/mol. The van der Waals surface area contributed by atoms with Gasteiger partial charge in [0, 0.05) is 6.54 Å². The Kier molecular flexibility index (Phi) is 4.05. The van der Waals surface area contributed by atoms with Gasteiger partial charge in [-0.15, -0.1) is 0 Å². The summed E-state index contributed by atoms with van der Waals surface area (Å²) in [6.45, 7) is 2.72. The predicted octanol–water partition coefficient (Wildman–Crippen LogP) is 2.07. The van der Waals surface area contributed by atoms with Gasteiger partial charge in [-0.1, -0.05) is 12.1 Å². The van der Waals surface area contributed by atoms with Crippen molar-refractivity contribution in [2.75, 3.05) is 26.8 Å². The fourth-order valence-corrected chi connectivity index (χ4v) is 1.60. The SMILES string of the molecule is COc1ccccc1OCCNCC1CC1. The van der Waals surface area contributed by atoms with E-state index in [-0.39, 0.29) is 0 Å². The first-order valence-corrected chi connectivity index (χ1v) is 5.86. The molecule has 1 fully saturated rings. The van der Waals surface area contributed by atoms with Gasteiger partial charge in [0.25, 0.3) is 0 Å². The Balaban J connectivity index is 1.67. The second-order valence-corrected chi connectivity index (χ2v) is 4.15. The molecule has 1 aliphatic rings. The van der Waals surface area contributed by atoms with Gasteiger partial charge >= 0.3 is 0 Å². The van der Waals surface area contributed by atoms with Gasteiger partial charge in [0.1, 0.15) is 6.61 Å². The van der Waals surface area contributed by atoms with Gasteiger partial charge in [0.05, 0.1) is 7.11 Å². The molecule has 1 N–H and O–H groups in total. The molecule has 1 aliphatic carbocycles. The van der Waals surface area contributed by atoms with E-state index in [9.17, 15) is 0 Å². The Morgan fingerprint density at radius 2 is 2.00 bits per heavy atom. The van der Waals surface area contributed by atoms with E-state index in [1.807, 2.05) is 24.3 Å². The molecule has 0 atom stereocenters. The summed E-state index contributed by atoms with van der Waals surface area (Å²) in [7, 11) is 1.66. The van der Waals surface area contributed by atoms with E-state index in [1.54, 1.807) is 7.11 Å². The van der Waals surface area contributed by atoms with E-state index in [4.69, 9.17) is 9.47 Å². The van der Waals surface area contributed by atoms with Crippen LogP contribution in [0.2, 0.25) is 0 Å². The number of hydrogen-bond acceptors (Lipinski definition) is 3. The van der Waals surface area contributed by atoms with Crippen molar-refractivity contribution in [3.05, 3.63) is 24.3 Å². The highest BCUT2D eigenvalue weighted by Gasteiger charge is 2.19. The molecular formula is C13H19NO2. The van der Waals surface area contributed by atoms with Crippen LogP contribution in [0, 0.1) is 5.92 Å². The minimum atomic E-state index is 0.688. The molecule has 0 aliphatic heterocycles. The highest BCUT2D eigenvalue weighted by Crippen LogP contribution is 2.27. The summed E-state index contributed by atoms with van der Waals surface area (Å²) in [6.07, 6.45) is 2.78.